The van der Waals surface area contributed by atoms with E-state index in [1.54, 1.807) is 12.0 Å². The largest absolute Gasteiger partial charge is 0.383 e. The third kappa shape index (κ3) is 5.74. The van der Waals surface area contributed by atoms with E-state index in [2.05, 4.69) is 0 Å². The monoisotopic (exact) mass is 217 g/mol. The molecule has 0 radical (unpaired) electrons. The number of rotatable bonds is 7. The molecule has 15 heavy (non-hydrogen) atoms. The molecule has 4 nitrogen and oxygen atoms in total. The molecule has 4 heteroatoms. The molecule has 0 bridgehead atoms. The van der Waals surface area contributed by atoms with Gasteiger partial charge in [-0.1, -0.05) is 0 Å². The lowest BCUT2D eigenvalue weighted by atomic mass is 10.3. The number of hydrogen-bond acceptors (Lipinski definition) is 3. The summed E-state index contributed by atoms with van der Waals surface area (Å²) < 4.78 is 10.3. The summed E-state index contributed by atoms with van der Waals surface area (Å²) in [6.45, 7) is 9.16. The number of likely N-dealkylation sites (N-methyl/N-ethyl adjacent to an activating group) is 1. The van der Waals surface area contributed by atoms with Crippen molar-refractivity contribution < 1.29 is 14.3 Å². The molecule has 1 atom stereocenters. The Morgan fingerprint density at radius 1 is 1.33 bits per heavy atom. The third-order valence-corrected chi connectivity index (χ3v) is 2.14. The molecule has 1 amide bonds. The topological polar surface area (TPSA) is 38.8 Å². The highest BCUT2D eigenvalue weighted by Gasteiger charge is 2.18. The lowest BCUT2D eigenvalue weighted by molar-refractivity contribution is -0.140. The maximum absolute atomic E-state index is 11.7. The van der Waals surface area contributed by atoms with Crippen LogP contribution in [0.15, 0.2) is 0 Å². The van der Waals surface area contributed by atoms with E-state index in [9.17, 15) is 4.79 Å². The zero-order valence-corrected chi connectivity index (χ0v) is 10.4. The van der Waals surface area contributed by atoms with Crippen molar-refractivity contribution in [1.29, 1.82) is 0 Å². The lowest BCUT2D eigenvalue weighted by Crippen LogP contribution is -2.43. The van der Waals surface area contributed by atoms with Crippen LogP contribution in [-0.4, -0.2) is 49.8 Å². The number of ether oxygens (including phenoxy) is 2. The van der Waals surface area contributed by atoms with Crippen molar-refractivity contribution >= 4 is 5.91 Å². The fourth-order valence-electron chi connectivity index (χ4n) is 1.39. The van der Waals surface area contributed by atoms with E-state index in [0.717, 1.165) is 0 Å². The standard InChI is InChI=1S/C11H23NO3/c1-6-12(10(4)7-14-5)11(13)8-15-9(2)3/h9-10H,6-8H2,1-5H3. The van der Waals surface area contributed by atoms with Crippen LogP contribution in [0.5, 0.6) is 0 Å². The van der Waals surface area contributed by atoms with Gasteiger partial charge in [-0.25, -0.2) is 0 Å². The van der Waals surface area contributed by atoms with Crippen LogP contribution in [0.1, 0.15) is 27.7 Å². The van der Waals surface area contributed by atoms with Gasteiger partial charge < -0.3 is 14.4 Å². The minimum atomic E-state index is 0.0238. The highest BCUT2D eigenvalue weighted by molar-refractivity contribution is 5.77. The van der Waals surface area contributed by atoms with E-state index in [4.69, 9.17) is 9.47 Å². The van der Waals surface area contributed by atoms with Gasteiger partial charge in [0.15, 0.2) is 0 Å². The van der Waals surface area contributed by atoms with Crippen molar-refractivity contribution in [1.82, 2.24) is 4.90 Å². The second-order valence-electron chi connectivity index (χ2n) is 3.84. The first-order valence-corrected chi connectivity index (χ1v) is 5.42. The average molecular weight is 217 g/mol. The van der Waals surface area contributed by atoms with Crippen LogP contribution in [-0.2, 0) is 14.3 Å². The average Bonchev–Trinajstić information content (AvgIpc) is 2.16. The van der Waals surface area contributed by atoms with E-state index in [0.29, 0.717) is 13.2 Å². The van der Waals surface area contributed by atoms with Crippen LogP contribution in [0, 0.1) is 0 Å². The number of carbonyl (C=O) groups is 1. The van der Waals surface area contributed by atoms with E-state index >= 15 is 0 Å². The maximum atomic E-state index is 11.7. The van der Waals surface area contributed by atoms with Crippen LogP contribution in [0.4, 0.5) is 0 Å². The summed E-state index contributed by atoms with van der Waals surface area (Å²) >= 11 is 0. The van der Waals surface area contributed by atoms with E-state index < -0.39 is 0 Å². The van der Waals surface area contributed by atoms with Gasteiger partial charge in [0, 0.05) is 13.7 Å². The third-order valence-electron chi connectivity index (χ3n) is 2.14. The summed E-state index contributed by atoms with van der Waals surface area (Å²) in [5.41, 5.74) is 0. The molecule has 0 rings (SSSR count). The first-order valence-electron chi connectivity index (χ1n) is 5.42. The molecule has 90 valence electrons. The molecule has 0 aliphatic heterocycles. The normalized spacial score (nSPS) is 12.9. The van der Waals surface area contributed by atoms with Crippen molar-refractivity contribution in [2.75, 3.05) is 26.9 Å². The molecule has 0 fully saturated rings. The van der Waals surface area contributed by atoms with Crippen LogP contribution in [0.2, 0.25) is 0 Å². The number of nitrogens with zero attached hydrogens (tertiary/aromatic N) is 1. The van der Waals surface area contributed by atoms with Crippen LogP contribution in [0.3, 0.4) is 0 Å². The Bertz CT molecular complexity index is 183. The van der Waals surface area contributed by atoms with Gasteiger partial charge in [-0.3, -0.25) is 4.79 Å². The number of hydrogen-bond donors (Lipinski definition) is 0. The van der Waals surface area contributed by atoms with Crippen LogP contribution < -0.4 is 0 Å². The molecular formula is C11H23NO3. The van der Waals surface area contributed by atoms with Gasteiger partial charge >= 0.3 is 0 Å². The first-order chi connectivity index (χ1) is 7.02. The summed E-state index contributed by atoms with van der Waals surface area (Å²) in [4.78, 5) is 13.5. The number of amides is 1. The van der Waals surface area contributed by atoms with Gasteiger partial charge in [-0.05, 0) is 27.7 Å². The molecule has 1 unspecified atom stereocenters. The number of methoxy groups -OCH3 is 1. The number of carbonyl (C=O) groups excluding carboxylic acids is 1. The quantitative estimate of drug-likeness (QED) is 0.645. The Morgan fingerprint density at radius 2 is 1.93 bits per heavy atom. The summed E-state index contributed by atoms with van der Waals surface area (Å²) in [5, 5.41) is 0. The van der Waals surface area contributed by atoms with E-state index in [-0.39, 0.29) is 24.7 Å². The Balaban J connectivity index is 4.09. The van der Waals surface area contributed by atoms with Crippen LogP contribution >= 0.6 is 0 Å². The van der Waals surface area contributed by atoms with Crippen molar-refractivity contribution in [3.63, 3.8) is 0 Å². The molecule has 0 aliphatic rings. The lowest BCUT2D eigenvalue weighted by Gasteiger charge is -2.27. The zero-order valence-electron chi connectivity index (χ0n) is 10.4. The van der Waals surface area contributed by atoms with E-state index in [1.807, 2.05) is 27.7 Å². The highest BCUT2D eigenvalue weighted by Crippen LogP contribution is 2.01. The SMILES string of the molecule is CCN(C(=O)COC(C)C)C(C)COC. The fraction of sp³-hybridized carbons (Fsp3) is 0.909. The van der Waals surface area contributed by atoms with Gasteiger partial charge in [-0.2, -0.15) is 0 Å². The second-order valence-corrected chi connectivity index (χ2v) is 3.84. The molecule has 0 aromatic carbocycles. The van der Waals surface area contributed by atoms with Crippen molar-refractivity contribution in [3.8, 4) is 0 Å². The Labute approximate surface area is 92.5 Å². The van der Waals surface area contributed by atoms with Crippen molar-refractivity contribution in [2.24, 2.45) is 0 Å². The summed E-state index contributed by atoms with van der Waals surface area (Å²) in [6, 6.07) is 0.100. The Morgan fingerprint density at radius 3 is 2.33 bits per heavy atom. The molecule has 0 saturated heterocycles. The molecule has 0 N–H and O–H groups in total. The molecule has 0 spiro atoms. The van der Waals surface area contributed by atoms with E-state index in [1.165, 1.54) is 0 Å². The minimum absolute atomic E-state index is 0.0238. The summed E-state index contributed by atoms with van der Waals surface area (Å²) in [7, 11) is 1.64. The first kappa shape index (κ1) is 14.4. The second kappa shape index (κ2) is 7.65. The predicted octanol–water partition coefficient (Wildman–Crippen LogP) is 1.29. The Hall–Kier alpha value is -0.610. The molecule has 0 aliphatic carbocycles. The molecule has 0 heterocycles. The smallest absolute Gasteiger partial charge is 0.248 e. The highest BCUT2D eigenvalue weighted by atomic mass is 16.5. The van der Waals surface area contributed by atoms with Crippen LogP contribution in [0.25, 0.3) is 0 Å². The molecule has 0 aromatic heterocycles. The predicted molar refractivity (Wildman–Crippen MR) is 59.8 cm³/mol. The molecular weight excluding hydrogens is 194 g/mol. The summed E-state index contributed by atoms with van der Waals surface area (Å²) in [5.74, 6) is 0.0238. The minimum Gasteiger partial charge on any atom is -0.383 e. The Kier molecular flexibility index (Phi) is 7.34. The molecule has 0 saturated carbocycles. The summed E-state index contributed by atoms with van der Waals surface area (Å²) in [6.07, 6.45) is 0.0883. The fourth-order valence-corrected chi connectivity index (χ4v) is 1.39. The van der Waals surface area contributed by atoms with Crippen molar-refractivity contribution in [3.05, 3.63) is 0 Å². The van der Waals surface area contributed by atoms with Crippen molar-refractivity contribution in [2.45, 2.75) is 39.8 Å². The maximum Gasteiger partial charge on any atom is 0.248 e. The zero-order chi connectivity index (χ0) is 11.8. The van der Waals surface area contributed by atoms with Gasteiger partial charge in [0.1, 0.15) is 6.61 Å². The van der Waals surface area contributed by atoms with Gasteiger partial charge in [-0.15, -0.1) is 0 Å². The molecule has 0 aromatic rings. The van der Waals surface area contributed by atoms with Gasteiger partial charge in [0.2, 0.25) is 5.91 Å². The van der Waals surface area contributed by atoms with Gasteiger partial charge in [0.25, 0.3) is 0 Å². The van der Waals surface area contributed by atoms with Gasteiger partial charge in [0.05, 0.1) is 18.8 Å².